The van der Waals surface area contributed by atoms with Crippen molar-refractivity contribution in [1.82, 2.24) is 5.32 Å². The zero-order valence-electron chi connectivity index (χ0n) is 21.5. The molecule has 2 unspecified atom stereocenters. The third-order valence-electron chi connectivity index (χ3n) is 7.17. The lowest BCUT2D eigenvalue weighted by Gasteiger charge is -2.36. The van der Waals surface area contributed by atoms with E-state index in [1.165, 1.54) is 6.07 Å². The van der Waals surface area contributed by atoms with Crippen molar-refractivity contribution < 1.29 is 25.2 Å². The lowest BCUT2D eigenvalue weighted by Crippen LogP contribution is -2.38. The first-order valence-electron chi connectivity index (χ1n) is 12.8. The summed E-state index contributed by atoms with van der Waals surface area (Å²) in [6, 6.07) is 19.2. The summed E-state index contributed by atoms with van der Waals surface area (Å²) in [6.07, 6.45) is 7.15. The molecule has 0 spiro atoms. The van der Waals surface area contributed by atoms with Crippen LogP contribution in [0.1, 0.15) is 47.6 Å². The monoisotopic (exact) mass is 514 g/mol. The van der Waals surface area contributed by atoms with Crippen molar-refractivity contribution in [2.45, 2.75) is 56.9 Å². The molecule has 0 radical (unpaired) electrons. The molecule has 0 aliphatic carbocycles. The first-order chi connectivity index (χ1) is 18.3. The number of hydrogen-bond acceptors (Lipinski definition) is 6. The molecule has 198 valence electrons. The summed E-state index contributed by atoms with van der Waals surface area (Å²) < 4.78 is 0. The number of amides is 1. The molecule has 3 aromatic rings. The van der Waals surface area contributed by atoms with Crippen LogP contribution in [-0.2, 0) is 36.4 Å². The molecule has 1 aliphatic rings. The highest BCUT2D eigenvalue weighted by molar-refractivity contribution is 5.78. The number of aliphatic hydroxyl groups excluding tert-OH is 1. The molecular formula is C31H34N2O5. The summed E-state index contributed by atoms with van der Waals surface area (Å²) in [4.78, 5) is 17.1. The Morgan fingerprint density at radius 3 is 2.34 bits per heavy atom. The summed E-state index contributed by atoms with van der Waals surface area (Å²) in [6.45, 7) is 1.94. The van der Waals surface area contributed by atoms with Gasteiger partial charge in [0.15, 0.2) is 0 Å². The van der Waals surface area contributed by atoms with Gasteiger partial charge in [-0.2, -0.15) is 0 Å². The zero-order chi connectivity index (χ0) is 27.2. The third kappa shape index (κ3) is 6.30. The number of hydrogen-bond donors (Lipinski definition) is 5. The lowest BCUT2D eigenvalue weighted by molar-refractivity contribution is -0.120. The highest BCUT2D eigenvalue weighted by atomic mass is 16.3. The Hall–Kier alpha value is -3.94. The minimum absolute atomic E-state index is 0.0207. The van der Waals surface area contributed by atoms with Crippen LogP contribution in [0.2, 0.25) is 0 Å². The van der Waals surface area contributed by atoms with E-state index in [9.17, 15) is 25.2 Å². The van der Waals surface area contributed by atoms with E-state index in [0.717, 1.165) is 11.1 Å². The summed E-state index contributed by atoms with van der Waals surface area (Å²) in [5.41, 5.74) is 1.43. The van der Waals surface area contributed by atoms with E-state index in [-0.39, 0.29) is 43.4 Å². The van der Waals surface area contributed by atoms with Gasteiger partial charge in [-0.15, -0.1) is 0 Å². The largest absolute Gasteiger partial charge is 0.508 e. The van der Waals surface area contributed by atoms with E-state index in [1.54, 1.807) is 36.5 Å². The fraction of sp³-hybridized carbons (Fsp3) is 0.290. The first-order valence-corrected chi connectivity index (χ1v) is 12.8. The van der Waals surface area contributed by atoms with E-state index >= 15 is 0 Å². The Balaban J connectivity index is 1.50. The van der Waals surface area contributed by atoms with Crippen LogP contribution in [0, 0.1) is 0 Å². The number of carbonyl (C=O) groups is 1. The van der Waals surface area contributed by atoms with Crippen molar-refractivity contribution in [2.75, 3.05) is 0 Å². The topological polar surface area (TPSA) is 122 Å². The first kappa shape index (κ1) is 27.1. The van der Waals surface area contributed by atoms with Gasteiger partial charge in [-0.1, -0.05) is 61.5 Å². The number of nitrogens with one attached hydrogen (secondary N) is 1. The second-order valence-corrected chi connectivity index (χ2v) is 9.88. The molecule has 4 rings (SSSR count). The Kier molecular flexibility index (Phi) is 8.29. The molecule has 5 N–H and O–H groups in total. The van der Waals surface area contributed by atoms with Gasteiger partial charge in [0.1, 0.15) is 11.5 Å². The van der Waals surface area contributed by atoms with Crippen molar-refractivity contribution >= 4 is 12.1 Å². The average molecular weight is 515 g/mol. The van der Waals surface area contributed by atoms with Gasteiger partial charge in [-0.3, -0.25) is 9.79 Å². The van der Waals surface area contributed by atoms with E-state index in [4.69, 9.17) is 0 Å². The van der Waals surface area contributed by atoms with Gasteiger partial charge >= 0.3 is 0 Å². The van der Waals surface area contributed by atoms with Crippen molar-refractivity contribution in [3.8, 4) is 11.5 Å². The molecule has 0 saturated heterocycles. The number of benzene rings is 3. The number of aliphatic imine (C=N–C) groups is 1. The molecule has 7 heteroatoms. The van der Waals surface area contributed by atoms with E-state index in [2.05, 4.69) is 10.3 Å². The van der Waals surface area contributed by atoms with Crippen LogP contribution in [0.15, 0.2) is 83.9 Å². The summed E-state index contributed by atoms with van der Waals surface area (Å²) in [5, 5.41) is 44.5. The van der Waals surface area contributed by atoms with Crippen LogP contribution in [0.5, 0.6) is 11.5 Å². The van der Waals surface area contributed by atoms with Crippen LogP contribution in [0.4, 0.5) is 0 Å². The van der Waals surface area contributed by atoms with Crippen LogP contribution in [-0.4, -0.2) is 38.1 Å². The van der Waals surface area contributed by atoms with E-state index in [0.29, 0.717) is 29.5 Å². The Bertz CT molecular complexity index is 1320. The number of para-hydroxylation sites is 1. The number of allylic oxidation sites excluding steroid dienone is 1. The third-order valence-corrected chi connectivity index (χ3v) is 7.17. The van der Waals surface area contributed by atoms with Crippen molar-refractivity contribution in [3.63, 3.8) is 0 Å². The second kappa shape index (κ2) is 11.6. The Labute approximate surface area is 222 Å². The van der Waals surface area contributed by atoms with Gasteiger partial charge in [0.05, 0.1) is 24.2 Å². The summed E-state index contributed by atoms with van der Waals surface area (Å²) >= 11 is 0. The van der Waals surface area contributed by atoms with Crippen LogP contribution in [0.25, 0.3) is 0 Å². The quantitative estimate of drug-likeness (QED) is 0.264. The Morgan fingerprint density at radius 2 is 1.68 bits per heavy atom. The predicted molar refractivity (Wildman–Crippen MR) is 147 cm³/mol. The molecule has 38 heavy (non-hydrogen) atoms. The molecule has 0 aromatic heterocycles. The standard InChI is InChI=1S/C31H34N2O5/c1-2-30(14-5-15-33-30)21-31(38,26-12-13-28(36)25(17-26)20-34)18-23-10-8-22(9-11-23)16-29(37)32-19-24-6-3-4-7-27(24)35/h3-15,17,34-36,38H,2,16,18-21H2,1H3,(H,32,37). The van der Waals surface area contributed by atoms with Gasteiger partial charge < -0.3 is 25.7 Å². The molecule has 0 saturated carbocycles. The molecule has 3 aromatic carbocycles. The zero-order valence-corrected chi connectivity index (χ0v) is 21.5. The van der Waals surface area contributed by atoms with Crippen LogP contribution in [0.3, 0.4) is 0 Å². The van der Waals surface area contributed by atoms with Gasteiger partial charge in [0, 0.05) is 36.7 Å². The number of aliphatic hydroxyl groups is 2. The highest BCUT2D eigenvalue weighted by Gasteiger charge is 2.40. The maximum atomic E-state index is 12.5. The molecule has 0 fully saturated rings. The minimum Gasteiger partial charge on any atom is -0.508 e. The summed E-state index contributed by atoms with van der Waals surface area (Å²) in [5.74, 6) is -0.0328. The fourth-order valence-electron chi connectivity index (χ4n) is 4.88. The average Bonchev–Trinajstić information content (AvgIpc) is 3.38. The number of rotatable bonds is 11. The normalized spacial score (nSPS) is 17.9. The predicted octanol–water partition coefficient (Wildman–Crippen LogP) is 4.06. The molecule has 1 heterocycles. The van der Waals surface area contributed by atoms with Gasteiger partial charge in [0.2, 0.25) is 5.91 Å². The molecule has 0 bridgehead atoms. The minimum atomic E-state index is -1.32. The van der Waals surface area contributed by atoms with Crippen molar-refractivity contribution in [3.05, 3.63) is 107 Å². The number of carbonyl (C=O) groups excluding carboxylic acids is 1. The molecular weight excluding hydrogens is 480 g/mol. The van der Waals surface area contributed by atoms with Gasteiger partial charge in [0.25, 0.3) is 0 Å². The smallest absolute Gasteiger partial charge is 0.224 e. The molecule has 7 nitrogen and oxygen atoms in total. The number of phenolic OH excluding ortho intramolecular Hbond substituents is 1. The van der Waals surface area contributed by atoms with E-state index < -0.39 is 11.1 Å². The Morgan fingerprint density at radius 1 is 0.974 bits per heavy atom. The molecule has 1 amide bonds. The molecule has 2 atom stereocenters. The maximum absolute atomic E-state index is 12.5. The van der Waals surface area contributed by atoms with Gasteiger partial charge in [-0.25, -0.2) is 0 Å². The summed E-state index contributed by atoms with van der Waals surface area (Å²) in [7, 11) is 0. The highest BCUT2D eigenvalue weighted by Crippen LogP contribution is 2.40. The SMILES string of the molecule is CCC1(CC(O)(Cc2ccc(CC(=O)NCc3ccccc3O)cc2)c2ccc(O)c(CO)c2)C=CC=N1. The fourth-order valence-corrected chi connectivity index (χ4v) is 4.88. The molecule has 1 aliphatic heterocycles. The van der Waals surface area contributed by atoms with Gasteiger partial charge in [-0.05, 0) is 47.4 Å². The van der Waals surface area contributed by atoms with E-state index in [1.807, 2.05) is 49.4 Å². The van der Waals surface area contributed by atoms with Crippen molar-refractivity contribution in [1.29, 1.82) is 0 Å². The number of phenols is 2. The van der Waals surface area contributed by atoms with Crippen LogP contribution >= 0.6 is 0 Å². The second-order valence-electron chi connectivity index (χ2n) is 9.88. The number of aromatic hydroxyl groups is 2. The maximum Gasteiger partial charge on any atom is 0.224 e. The van der Waals surface area contributed by atoms with Crippen LogP contribution < -0.4 is 5.32 Å². The number of nitrogens with zero attached hydrogens (tertiary/aromatic N) is 1. The lowest BCUT2D eigenvalue weighted by atomic mass is 9.75. The van der Waals surface area contributed by atoms with Crippen molar-refractivity contribution in [2.24, 2.45) is 4.99 Å².